The third-order valence-corrected chi connectivity index (χ3v) is 8.04. The van der Waals surface area contributed by atoms with Crippen molar-refractivity contribution in [2.75, 3.05) is 12.9 Å². The van der Waals surface area contributed by atoms with Crippen LogP contribution in [0.15, 0.2) is 127 Å². The number of ether oxygens (including phenoxy) is 2. The molecule has 0 aliphatic rings. The number of aliphatic carboxylic acids is 1. The van der Waals surface area contributed by atoms with Crippen molar-refractivity contribution in [3.05, 3.63) is 197 Å². The largest absolute Gasteiger partial charge is 0.506 e. The third-order valence-electron chi connectivity index (χ3n) is 6.83. The third kappa shape index (κ3) is 23.8. The maximum absolute atomic E-state index is 13.0. The predicted molar refractivity (Wildman–Crippen MR) is 232 cm³/mol. The second kappa shape index (κ2) is 31.1. The van der Waals surface area contributed by atoms with Gasteiger partial charge in [0.15, 0.2) is 0 Å². The normalized spacial score (nSPS) is 9.57. The van der Waals surface area contributed by atoms with E-state index in [4.69, 9.17) is 78.0 Å². The van der Waals surface area contributed by atoms with Gasteiger partial charge in [0, 0.05) is 59.8 Å². The van der Waals surface area contributed by atoms with Gasteiger partial charge in [0.2, 0.25) is 0 Å². The first-order chi connectivity index (χ1) is 29.8. The summed E-state index contributed by atoms with van der Waals surface area (Å²) in [5, 5.41) is 37.5. The van der Waals surface area contributed by atoms with E-state index < -0.39 is 23.0 Å². The molecule has 0 saturated heterocycles. The second-order valence-electron chi connectivity index (χ2n) is 11.6. The number of hydrogen-bond acceptors (Lipinski definition) is 9. The number of aromatic hydroxyl groups is 1. The molecule has 0 unspecified atom stereocenters. The Morgan fingerprint density at radius 3 is 1.40 bits per heavy atom. The molecular weight excluding hydrogens is 964 g/mol. The Hall–Kier alpha value is -5.81. The minimum absolute atomic E-state index is 0. The number of nitrogen functional groups attached to an aromatic ring is 1. The van der Waals surface area contributed by atoms with E-state index in [0.29, 0.717) is 33.7 Å². The number of non-ortho nitro benzene ring substituents is 2. The fourth-order valence-corrected chi connectivity index (χ4v) is 4.97. The molecule has 0 aromatic heterocycles. The van der Waals surface area contributed by atoms with Crippen LogP contribution in [0.25, 0.3) is 0 Å². The monoisotopic (exact) mass is 1000 g/mol. The van der Waals surface area contributed by atoms with E-state index in [0.717, 1.165) is 24.1 Å². The number of phenols is 1. The summed E-state index contributed by atoms with van der Waals surface area (Å²) in [5.41, 5.74) is 8.11. The van der Waals surface area contributed by atoms with Gasteiger partial charge in [-0.1, -0.05) is 71.2 Å². The van der Waals surface area contributed by atoms with E-state index >= 15 is 0 Å². The van der Waals surface area contributed by atoms with Gasteiger partial charge in [-0.05, 0) is 83.4 Å². The van der Waals surface area contributed by atoms with Crippen LogP contribution in [0.4, 0.5) is 34.6 Å². The zero-order valence-corrected chi connectivity index (χ0v) is 36.7. The number of anilines is 1. The first-order valence-electron chi connectivity index (χ1n) is 17.7. The van der Waals surface area contributed by atoms with Crippen molar-refractivity contribution in [3.63, 3.8) is 0 Å². The molecule has 338 valence electrons. The van der Waals surface area contributed by atoms with Gasteiger partial charge in [-0.15, -0.1) is 11.6 Å². The van der Waals surface area contributed by atoms with Gasteiger partial charge in [0.25, 0.3) is 17.3 Å². The molecule has 0 bridgehead atoms. The number of alkyl halides is 2. The number of nitrogens with zero attached hydrogens (tertiary/aromatic N) is 2. The van der Waals surface area contributed by atoms with Crippen molar-refractivity contribution in [3.8, 4) is 17.2 Å². The quantitative estimate of drug-likeness (QED) is 0.0314. The van der Waals surface area contributed by atoms with E-state index in [9.17, 15) is 37.8 Å². The van der Waals surface area contributed by atoms with Gasteiger partial charge in [0.1, 0.15) is 47.9 Å². The fraction of sp³-hybridized carbons (Fsp3) is 0.119. The van der Waals surface area contributed by atoms with Crippen molar-refractivity contribution in [1.82, 2.24) is 0 Å². The molecule has 6 rings (SSSR count). The molecule has 0 radical (unpaired) electrons. The zero-order valence-electron chi connectivity index (χ0n) is 33.6. The Kier molecular flexibility index (Phi) is 27.2. The van der Waals surface area contributed by atoms with Crippen molar-refractivity contribution < 1.29 is 70.3 Å². The van der Waals surface area contributed by atoms with Crippen LogP contribution in [0.3, 0.4) is 0 Å². The number of carboxylic acids is 1. The van der Waals surface area contributed by atoms with Crippen LogP contribution in [0.1, 0.15) is 25.0 Å². The van der Waals surface area contributed by atoms with Gasteiger partial charge < -0.3 is 25.4 Å². The fourth-order valence-electron chi connectivity index (χ4n) is 4.16. The minimum atomic E-state index is -1.00. The number of benzene rings is 6. The maximum atomic E-state index is 13.0. The number of carbonyl (C=O) groups is 1. The smallest absolute Gasteiger partial charge is 0.300 e. The molecule has 6 aromatic carbocycles. The Morgan fingerprint density at radius 1 is 0.683 bits per heavy atom. The van der Waals surface area contributed by atoms with Crippen molar-refractivity contribution in [2.45, 2.75) is 26.0 Å². The van der Waals surface area contributed by atoms with Crippen LogP contribution in [-0.4, -0.2) is 33.2 Å². The zero-order chi connectivity index (χ0) is 47.5. The summed E-state index contributed by atoms with van der Waals surface area (Å²) < 4.78 is 64.5. The van der Waals surface area contributed by atoms with Gasteiger partial charge >= 0.3 is 0 Å². The minimum Gasteiger partial charge on any atom is -0.506 e. The van der Waals surface area contributed by atoms with Crippen LogP contribution in [0.5, 0.6) is 17.2 Å². The standard InChI is InChI=1S/C13H9ClFNO3.C13H11ClFNO.C7H6ClF.C6H4ClNO3.C2H4O2.CH3F.Fe/c14-12-7-11(16(17)18)4-5-13(12)19-8-9-2-1-3-10(15)6-9;14-12-7-11(16)4-5-13(12)17-8-9-2-1-3-10(15)6-9;8-5-6-2-1-3-7(9)4-6;7-5-3-4(8(10)11)1-2-6(5)9;1-2(3)4;1-2;/h1-7H,8H2;1-7H,8,16H2;1-4H,5H2;1-3,9H;1H3,(H,3,4);1H3;/i;;;;;1D;. The SMILES string of the molecule is CC(=O)O.Fc1cccc(CCl)c1.Nc1ccc(OCc2cccc(F)c2)c(Cl)c1.O=[N+]([O-])c1ccc(O)c(Cl)c1.O=[N+]([O-])c1ccc(OCc2cccc(F)c2)c(Cl)c1.[2H]CF.[Fe]. The Labute approximate surface area is 390 Å². The maximum Gasteiger partial charge on any atom is 0.300 e. The molecule has 0 atom stereocenters. The summed E-state index contributed by atoms with van der Waals surface area (Å²) in [6.45, 7) is 1.48. The average Bonchev–Trinajstić information content (AvgIpc) is 3.22. The summed E-state index contributed by atoms with van der Waals surface area (Å²) in [4.78, 5) is 28.6. The Balaban J connectivity index is 0.000000807. The molecule has 0 spiro atoms. The van der Waals surface area contributed by atoms with E-state index in [1.807, 2.05) is 0 Å². The molecule has 0 amide bonds. The predicted octanol–water partition coefficient (Wildman–Crippen LogP) is 12.8. The summed E-state index contributed by atoms with van der Waals surface area (Å²) in [6.07, 6.45) is 0. The van der Waals surface area contributed by atoms with Crippen LogP contribution in [-0.2, 0) is 41.0 Å². The Bertz CT molecular complexity index is 2390. The van der Waals surface area contributed by atoms with Crippen molar-refractivity contribution in [2.24, 2.45) is 0 Å². The summed E-state index contributed by atoms with van der Waals surface area (Å²) >= 11 is 22.7. The Morgan fingerprint density at radius 2 is 1.05 bits per heavy atom. The molecule has 21 heteroatoms. The van der Waals surface area contributed by atoms with E-state index in [1.54, 1.807) is 54.6 Å². The van der Waals surface area contributed by atoms with E-state index in [1.165, 1.54) is 66.7 Å². The van der Waals surface area contributed by atoms with Crippen LogP contribution >= 0.6 is 46.4 Å². The summed E-state index contributed by atoms with van der Waals surface area (Å²) in [6, 6.07) is 30.8. The molecule has 6 aromatic rings. The molecule has 0 fully saturated rings. The van der Waals surface area contributed by atoms with Crippen LogP contribution in [0, 0.1) is 37.7 Å². The second-order valence-corrected chi connectivity index (χ2v) is 13.1. The summed E-state index contributed by atoms with van der Waals surface area (Å²) in [5.74, 6) is -0.630. The van der Waals surface area contributed by atoms with Crippen molar-refractivity contribution >= 4 is 69.4 Å². The molecule has 63 heavy (non-hydrogen) atoms. The number of nitrogens with two attached hydrogens (primary N) is 1. The number of phenolic OH excluding ortho intramolecular Hbond substituents is 1. The van der Waals surface area contributed by atoms with Gasteiger partial charge in [0.05, 0.1) is 33.4 Å². The van der Waals surface area contributed by atoms with Crippen LogP contribution in [0.2, 0.25) is 15.1 Å². The van der Waals surface area contributed by atoms with Crippen LogP contribution < -0.4 is 15.2 Å². The summed E-state index contributed by atoms with van der Waals surface area (Å²) in [7, 11) is -1.00. The van der Waals surface area contributed by atoms with Gasteiger partial charge in [-0.25, -0.2) is 13.2 Å². The van der Waals surface area contributed by atoms with Crippen molar-refractivity contribution in [1.29, 1.82) is 0 Å². The average molecular weight is 1000 g/mol. The first kappa shape index (κ1) is 55.2. The molecule has 4 N–H and O–H groups in total. The molecule has 0 saturated carbocycles. The number of rotatable bonds is 9. The number of carboxylic acid groups (broad SMARTS) is 1. The van der Waals surface area contributed by atoms with E-state index in [2.05, 4.69) is 0 Å². The molecule has 12 nitrogen and oxygen atoms in total. The van der Waals surface area contributed by atoms with Gasteiger partial charge in [-0.2, -0.15) is 0 Å². The molecule has 0 heterocycles. The molecule has 0 aliphatic heterocycles. The molecular formula is C42H37Cl4F4FeN3O9. The number of hydrogen-bond donors (Lipinski definition) is 3. The van der Waals surface area contributed by atoms with E-state index in [-0.39, 0.29) is 74.9 Å². The first-order valence-corrected chi connectivity index (χ1v) is 18.7. The number of halogens is 8. The van der Waals surface area contributed by atoms with Gasteiger partial charge in [-0.3, -0.25) is 29.4 Å². The topological polar surface area (TPSA) is 188 Å². The number of nitro groups is 2. The number of nitro benzene ring substituents is 2. The molecule has 0 aliphatic carbocycles.